The fourth-order valence-electron chi connectivity index (χ4n) is 2.18. The van der Waals surface area contributed by atoms with Gasteiger partial charge in [0.05, 0.1) is 6.10 Å². The summed E-state index contributed by atoms with van der Waals surface area (Å²) in [5.41, 5.74) is 6.87. The van der Waals surface area contributed by atoms with Gasteiger partial charge in [-0.3, -0.25) is 0 Å². The molecule has 1 aromatic heterocycles. The van der Waals surface area contributed by atoms with Crippen LogP contribution < -0.4 is 11.1 Å². The average molecular weight is 240 g/mol. The van der Waals surface area contributed by atoms with E-state index in [-0.39, 0.29) is 6.10 Å². The van der Waals surface area contributed by atoms with Crippen LogP contribution in [-0.4, -0.2) is 23.7 Å². The first-order chi connectivity index (χ1) is 7.75. The molecule has 4 heteroatoms. The van der Waals surface area contributed by atoms with Crippen molar-refractivity contribution in [3.8, 4) is 0 Å². The van der Waals surface area contributed by atoms with Crippen molar-refractivity contribution in [1.29, 1.82) is 0 Å². The highest BCUT2D eigenvalue weighted by atomic mass is 32.1. The molecule has 1 fully saturated rings. The molecule has 0 amide bonds. The van der Waals surface area contributed by atoms with E-state index in [9.17, 15) is 5.11 Å². The van der Waals surface area contributed by atoms with E-state index in [1.54, 1.807) is 11.3 Å². The van der Waals surface area contributed by atoms with Crippen LogP contribution >= 0.6 is 11.3 Å². The molecule has 1 aliphatic carbocycles. The topological polar surface area (TPSA) is 58.3 Å². The van der Waals surface area contributed by atoms with Crippen molar-refractivity contribution in [2.24, 2.45) is 5.73 Å². The predicted octanol–water partition coefficient (Wildman–Crippen LogP) is 1.64. The molecule has 1 aromatic rings. The van der Waals surface area contributed by atoms with Crippen LogP contribution in [-0.2, 0) is 0 Å². The van der Waals surface area contributed by atoms with Gasteiger partial charge in [-0.2, -0.15) is 11.3 Å². The normalized spacial score (nSPS) is 27.9. The van der Waals surface area contributed by atoms with Crippen molar-refractivity contribution in [1.82, 2.24) is 5.32 Å². The summed E-state index contributed by atoms with van der Waals surface area (Å²) in [5.74, 6) is 0. The Morgan fingerprint density at radius 2 is 2.19 bits per heavy atom. The lowest BCUT2D eigenvalue weighted by molar-refractivity contribution is 0.165. The third-order valence-corrected chi connectivity index (χ3v) is 4.00. The Balaban J connectivity index is 1.71. The quantitative estimate of drug-likeness (QED) is 0.750. The maximum atomic E-state index is 9.91. The molecule has 16 heavy (non-hydrogen) atoms. The largest absolute Gasteiger partial charge is 0.387 e. The molecule has 4 N–H and O–H groups in total. The standard InChI is InChI=1S/C12H20N2OS/c13-10-1-3-11(4-2-10)14-7-12(15)9-5-6-16-8-9/h5-6,8,10-12,14-15H,1-4,7,13H2. The first-order valence-electron chi connectivity index (χ1n) is 5.95. The van der Waals surface area contributed by atoms with Crippen molar-refractivity contribution in [2.75, 3.05) is 6.54 Å². The number of aliphatic hydroxyl groups excluding tert-OH is 1. The van der Waals surface area contributed by atoms with Gasteiger partial charge in [-0.1, -0.05) is 0 Å². The van der Waals surface area contributed by atoms with E-state index in [0.29, 0.717) is 18.6 Å². The Kier molecular flexibility index (Phi) is 4.35. The summed E-state index contributed by atoms with van der Waals surface area (Å²) in [6.45, 7) is 0.649. The van der Waals surface area contributed by atoms with Gasteiger partial charge in [0.25, 0.3) is 0 Å². The van der Waals surface area contributed by atoms with Gasteiger partial charge in [-0.15, -0.1) is 0 Å². The molecule has 1 unspecified atom stereocenters. The summed E-state index contributed by atoms with van der Waals surface area (Å²) in [6, 6.07) is 2.90. The lowest BCUT2D eigenvalue weighted by Gasteiger charge is -2.27. The van der Waals surface area contributed by atoms with Crippen molar-refractivity contribution in [3.05, 3.63) is 22.4 Å². The smallest absolute Gasteiger partial charge is 0.0922 e. The number of nitrogens with one attached hydrogen (secondary N) is 1. The van der Waals surface area contributed by atoms with E-state index in [0.717, 1.165) is 31.2 Å². The summed E-state index contributed by atoms with van der Waals surface area (Å²) in [5, 5.41) is 17.3. The van der Waals surface area contributed by atoms with Crippen LogP contribution in [0.3, 0.4) is 0 Å². The number of rotatable bonds is 4. The number of nitrogens with two attached hydrogens (primary N) is 1. The zero-order chi connectivity index (χ0) is 11.4. The molecule has 0 saturated heterocycles. The molecule has 2 rings (SSSR count). The maximum Gasteiger partial charge on any atom is 0.0922 e. The Bertz CT molecular complexity index is 294. The third-order valence-electron chi connectivity index (χ3n) is 3.30. The van der Waals surface area contributed by atoms with E-state index in [4.69, 9.17) is 5.73 Å². The highest BCUT2D eigenvalue weighted by Crippen LogP contribution is 2.19. The van der Waals surface area contributed by atoms with Gasteiger partial charge in [0.1, 0.15) is 0 Å². The van der Waals surface area contributed by atoms with Crippen LogP contribution in [0.4, 0.5) is 0 Å². The molecule has 0 aliphatic heterocycles. The maximum absolute atomic E-state index is 9.91. The molecule has 0 radical (unpaired) electrons. The minimum Gasteiger partial charge on any atom is -0.387 e. The van der Waals surface area contributed by atoms with Crippen LogP contribution in [0.1, 0.15) is 37.4 Å². The molecule has 1 aliphatic rings. The minimum absolute atomic E-state index is 0.373. The summed E-state index contributed by atoms with van der Waals surface area (Å²) >= 11 is 1.63. The molecule has 1 atom stereocenters. The summed E-state index contributed by atoms with van der Waals surface area (Å²) < 4.78 is 0. The fourth-order valence-corrected chi connectivity index (χ4v) is 2.89. The van der Waals surface area contributed by atoms with Crippen molar-refractivity contribution < 1.29 is 5.11 Å². The zero-order valence-corrected chi connectivity index (χ0v) is 10.2. The molecule has 0 spiro atoms. The van der Waals surface area contributed by atoms with Gasteiger partial charge in [-0.25, -0.2) is 0 Å². The molecular weight excluding hydrogens is 220 g/mol. The third kappa shape index (κ3) is 3.28. The van der Waals surface area contributed by atoms with E-state index < -0.39 is 0 Å². The lowest BCUT2D eigenvalue weighted by Crippen LogP contribution is -2.39. The van der Waals surface area contributed by atoms with E-state index in [1.165, 1.54) is 0 Å². The van der Waals surface area contributed by atoms with Crippen molar-refractivity contribution >= 4 is 11.3 Å². The second-order valence-electron chi connectivity index (χ2n) is 4.59. The van der Waals surface area contributed by atoms with Crippen molar-refractivity contribution in [2.45, 2.75) is 43.9 Å². The van der Waals surface area contributed by atoms with Crippen LogP contribution in [0.25, 0.3) is 0 Å². The van der Waals surface area contributed by atoms with E-state index >= 15 is 0 Å². The van der Waals surface area contributed by atoms with Gasteiger partial charge in [0.15, 0.2) is 0 Å². The number of hydrogen-bond acceptors (Lipinski definition) is 4. The van der Waals surface area contributed by atoms with Gasteiger partial charge in [0.2, 0.25) is 0 Å². The summed E-state index contributed by atoms with van der Waals surface area (Å²) in [6.07, 6.45) is 4.11. The van der Waals surface area contributed by atoms with Crippen LogP contribution in [0.15, 0.2) is 16.8 Å². The van der Waals surface area contributed by atoms with Crippen molar-refractivity contribution in [3.63, 3.8) is 0 Å². The summed E-state index contributed by atoms with van der Waals surface area (Å²) in [4.78, 5) is 0. The lowest BCUT2D eigenvalue weighted by atomic mass is 9.92. The average Bonchev–Trinajstić information content (AvgIpc) is 2.81. The first-order valence-corrected chi connectivity index (χ1v) is 6.89. The predicted molar refractivity (Wildman–Crippen MR) is 67.5 cm³/mol. The fraction of sp³-hybridized carbons (Fsp3) is 0.667. The SMILES string of the molecule is NC1CCC(NCC(O)c2ccsc2)CC1. The first kappa shape index (κ1) is 12.0. The number of aliphatic hydroxyl groups is 1. The second kappa shape index (κ2) is 5.77. The Morgan fingerprint density at radius 3 is 2.81 bits per heavy atom. The number of hydrogen-bond donors (Lipinski definition) is 3. The summed E-state index contributed by atoms with van der Waals surface area (Å²) in [7, 11) is 0. The molecule has 1 heterocycles. The van der Waals surface area contributed by atoms with Gasteiger partial charge in [-0.05, 0) is 48.1 Å². The minimum atomic E-state index is -0.373. The second-order valence-corrected chi connectivity index (χ2v) is 5.37. The molecule has 0 aromatic carbocycles. The Hall–Kier alpha value is -0.420. The van der Waals surface area contributed by atoms with Gasteiger partial charge < -0.3 is 16.2 Å². The molecule has 0 bridgehead atoms. The van der Waals surface area contributed by atoms with Gasteiger partial charge >= 0.3 is 0 Å². The van der Waals surface area contributed by atoms with E-state index in [2.05, 4.69) is 5.32 Å². The van der Waals surface area contributed by atoms with Crippen LogP contribution in [0.5, 0.6) is 0 Å². The highest BCUT2D eigenvalue weighted by molar-refractivity contribution is 7.07. The highest BCUT2D eigenvalue weighted by Gasteiger charge is 2.19. The molecule has 90 valence electrons. The Morgan fingerprint density at radius 1 is 1.44 bits per heavy atom. The Labute approximate surface area is 101 Å². The number of thiophene rings is 1. The monoisotopic (exact) mass is 240 g/mol. The van der Waals surface area contributed by atoms with Gasteiger partial charge in [0, 0.05) is 18.6 Å². The van der Waals surface area contributed by atoms with E-state index in [1.807, 2.05) is 16.8 Å². The van der Waals surface area contributed by atoms with Crippen LogP contribution in [0, 0.1) is 0 Å². The molecular formula is C12H20N2OS. The molecule has 3 nitrogen and oxygen atoms in total. The molecule has 1 saturated carbocycles. The van der Waals surface area contributed by atoms with Crippen LogP contribution in [0.2, 0.25) is 0 Å². The zero-order valence-electron chi connectivity index (χ0n) is 9.43.